The van der Waals surface area contributed by atoms with Gasteiger partial charge in [-0.25, -0.2) is 9.18 Å². The Kier molecular flexibility index (Phi) is 7.59. The number of amides is 3. The van der Waals surface area contributed by atoms with Crippen molar-refractivity contribution in [1.82, 2.24) is 15.5 Å². The van der Waals surface area contributed by atoms with Crippen molar-refractivity contribution in [3.8, 4) is 0 Å². The van der Waals surface area contributed by atoms with Crippen molar-refractivity contribution in [3.63, 3.8) is 0 Å². The number of nitrogens with zero attached hydrogens (tertiary/aromatic N) is 1. The molecule has 0 radical (unpaired) electrons. The van der Waals surface area contributed by atoms with E-state index in [-0.39, 0.29) is 17.8 Å². The zero-order valence-corrected chi connectivity index (χ0v) is 16.4. The second kappa shape index (κ2) is 9.69. The van der Waals surface area contributed by atoms with E-state index < -0.39 is 5.54 Å². The molecule has 0 spiro atoms. The van der Waals surface area contributed by atoms with Crippen LogP contribution in [0.2, 0.25) is 0 Å². The van der Waals surface area contributed by atoms with Gasteiger partial charge in [0.2, 0.25) is 0 Å². The zero-order valence-electron chi connectivity index (χ0n) is 16.4. The normalized spacial score (nSPS) is 19.4. The van der Waals surface area contributed by atoms with Crippen LogP contribution in [0.1, 0.15) is 43.5 Å². The summed E-state index contributed by atoms with van der Waals surface area (Å²) in [5.41, 5.74) is -0.148. The zero-order chi connectivity index (χ0) is 19.9. The molecule has 0 bridgehead atoms. The molecule has 1 aliphatic heterocycles. The number of carbonyl (C=O) groups excluding carboxylic acids is 2. The average Bonchev–Trinajstić information content (AvgIpc) is 3.04. The van der Waals surface area contributed by atoms with E-state index in [2.05, 4.69) is 24.5 Å². The van der Waals surface area contributed by atoms with E-state index in [0.29, 0.717) is 50.6 Å². The summed E-state index contributed by atoms with van der Waals surface area (Å²) in [5, 5.41) is 6.00. The molecule has 2 N–H and O–H groups in total. The number of benzene rings is 1. The lowest BCUT2D eigenvalue weighted by atomic mass is 9.94. The maximum Gasteiger partial charge on any atom is 0.317 e. The highest BCUT2D eigenvalue weighted by Gasteiger charge is 2.41. The summed E-state index contributed by atoms with van der Waals surface area (Å²) in [6.07, 6.45) is 2.18. The minimum absolute atomic E-state index is 0.106. The number of halogens is 1. The number of hydrogen-bond donors (Lipinski definition) is 2. The van der Waals surface area contributed by atoms with E-state index in [1.165, 1.54) is 24.3 Å². The van der Waals surface area contributed by atoms with Crippen molar-refractivity contribution in [2.75, 3.05) is 33.4 Å². The molecule has 150 valence electrons. The van der Waals surface area contributed by atoms with Crippen LogP contribution >= 0.6 is 0 Å². The van der Waals surface area contributed by atoms with E-state index >= 15 is 0 Å². The summed E-state index contributed by atoms with van der Waals surface area (Å²) in [4.78, 5) is 26.8. The number of methoxy groups -OCH3 is 1. The van der Waals surface area contributed by atoms with Gasteiger partial charge in [-0.3, -0.25) is 4.79 Å². The van der Waals surface area contributed by atoms with Crippen molar-refractivity contribution in [2.45, 2.75) is 38.6 Å². The molecule has 1 aromatic rings. The fourth-order valence-electron chi connectivity index (χ4n) is 3.21. The van der Waals surface area contributed by atoms with Gasteiger partial charge in [0.15, 0.2) is 0 Å². The molecule has 1 unspecified atom stereocenters. The number of ether oxygens (including phenoxy) is 1. The molecule has 0 saturated carbocycles. The molecule has 1 heterocycles. The van der Waals surface area contributed by atoms with E-state index in [0.717, 1.165) is 6.42 Å². The van der Waals surface area contributed by atoms with Crippen LogP contribution in [0.4, 0.5) is 9.18 Å². The van der Waals surface area contributed by atoms with Gasteiger partial charge in [0.1, 0.15) is 5.82 Å². The van der Waals surface area contributed by atoms with E-state index in [9.17, 15) is 14.0 Å². The van der Waals surface area contributed by atoms with Crippen molar-refractivity contribution in [3.05, 3.63) is 35.6 Å². The number of likely N-dealkylation sites (tertiary alicyclic amines) is 1. The summed E-state index contributed by atoms with van der Waals surface area (Å²) in [7, 11) is 1.61. The smallest absolute Gasteiger partial charge is 0.317 e. The average molecular weight is 379 g/mol. The summed E-state index contributed by atoms with van der Waals surface area (Å²) in [6, 6.07) is 5.34. The van der Waals surface area contributed by atoms with Gasteiger partial charge in [0.05, 0.1) is 5.54 Å². The van der Waals surface area contributed by atoms with Gasteiger partial charge >= 0.3 is 6.03 Å². The number of carbonyl (C=O) groups is 2. The Bertz CT molecular complexity index is 636. The summed E-state index contributed by atoms with van der Waals surface area (Å²) in [5.74, 6) is -0.126. The first kappa shape index (κ1) is 21.2. The lowest BCUT2D eigenvalue weighted by molar-refractivity contribution is 0.0867. The summed E-state index contributed by atoms with van der Waals surface area (Å²) < 4.78 is 18.3. The SMILES string of the molecule is COCCC1(NC(=O)c2ccc(F)cc2)CCN(C(=O)NCCC(C)C)C1. The van der Waals surface area contributed by atoms with Gasteiger partial charge < -0.3 is 20.3 Å². The molecule has 0 aromatic heterocycles. The molecular formula is C20H30FN3O3. The van der Waals surface area contributed by atoms with Gasteiger partial charge in [0, 0.05) is 38.9 Å². The molecule has 1 aliphatic rings. The topological polar surface area (TPSA) is 70.7 Å². The molecule has 1 atom stereocenters. The number of urea groups is 1. The molecule has 27 heavy (non-hydrogen) atoms. The molecule has 6 nitrogen and oxygen atoms in total. The highest BCUT2D eigenvalue weighted by Crippen LogP contribution is 2.26. The molecule has 2 rings (SSSR count). The van der Waals surface area contributed by atoms with Gasteiger partial charge in [0.25, 0.3) is 5.91 Å². The second-order valence-corrected chi connectivity index (χ2v) is 7.57. The van der Waals surface area contributed by atoms with Crippen LogP contribution in [0.5, 0.6) is 0 Å². The largest absolute Gasteiger partial charge is 0.385 e. The molecule has 1 saturated heterocycles. The predicted octanol–water partition coefficient (Wildman–Crippen LogP) is 2.79. The van der Waals surface area contributed by atoms with Crippen LogP contribution in [0.25, 0.3) is 0 Å². The standard InChI is InChI=1S/C20H30FN3O3/c1-15(2)8-11-22-19(26)24-12-9-20(14-24,10-13-27-3)23-18(25)16-4-6-17(21)7-5-16/h4-7,15H,8-14H2,1-3H3,(H,22,26)(H,23,25). The minimum atomic E-state index is -0.545. The molecule has 1 fully saturated rings. The Morgan fingerprint density at radius 1 is 1.30 bits per heavy atom. The fraction of sp³-hybridized carbons (Fsp3) is 0.600. The van der Waals surface area contributed by atoms with Crippen LogP contribution in [-0.2, 0) is 4.74 Å². The van der Waals surface area contributed by atoms with Gasteiger partial charge in [-0.15, -0.1) is 0 Å². The van der Waals surface area contributed by atoms with Gasteiger partial charge in [-0.05, 0) is 49.4 Å². The van der Waals surface area contributed by atoms with Crippen LogP contribution in [0.3, 0.4) is 0 Å². The first-order valence-electron chi connectivity index (χ1n) is 9.45. The van der Waals surface area contributed by atoms with Crippen molar-refractivity contribution < 1.29 is 18.7 Å². The van der Waals surface area contributed by atoms with E-state index in [4.69, 9.17) is 4.74 Å². The highest BCUT2D eigenvalue weighted by molar-refractivity contribution is 5.94. The molecule has 1 aromatic carbocycles. The molecule has 7 heteroatoms. The highest BCUT2D eigenvalue weighted by atomic mass is 19.1. The summed E-state index contributed by atoms with van der Waals surface area (Å²) >= 11 is 0. The Labute approximate surface area is 160 Å². The second-order valence-electron chi connectivity index (χ2n) is 7.57. The van der Waals surface area contributed by atoms with Crippen LogP contribution in [0, 0.1) is 11.7 Å². The quantitative estimate of drug-likeness (QED) is 0.730. The van der Waals surface area contributed by atoms with E-state index in [1.54, 1.807) is 12.0 Å². The first-order valence-corrected chi connectivity index (χ1v) is 9.45. The van der Waals surface area contributed by atoms with Gasteiger partial charge in [-0.2, -0.15) is 0 Å². The van der Waals surface area contributed by atoms with Crippen molar-refractivity contribution in [1.29, 1.82) is 0 Å². The van der Waals surface area contributed by atoms with E-state index in [1.807, 2.05) is 0 Å². The van der Waals surface area contributed by atoms with Gasteiger partial charge in [-0.1, -0.05) is 13.8 Å². The van der Waals surface area contributed by atoms with Crippen LogP contribution in [0.15, 0.2) is 24.3 Å². The summed E-state index contributed by atoms with van der Waals surface area (Å²) in [6.45, 7) is 6.34. The Balaban J connectivity index is 2.00. The van der Waals surface area contributed by atoms with Crippen molar-refractivity contribution >= 4 is 11.9 Å². The maximum absolute atomic E-state index is 13.1. The first-order chi connectivity index (χ1) is 12.8. The molecule has 0 aliphatic carbocycles. The molecular weight excluding hydrogens is 349 g/mol. The monoisotopic (exact) mass is 379 g/mol. The lowest BCUT2D eigenvalue weighted by Crippen LogP contribution is -2.52. The van der Waals surface area contributed by atoms with Crippen LogP contribution in [-0.4, -0.2) is 55.7 Å². The Morgan fingerprint density at radius 3 is 2.63 bits per heavy atom. The third kappa shape index (κ3) is 6.20. The molecule has 3 amide bonds. The lowest BCUT2D eigenvalue weighted by Gasteiger charge is -2.30. The minimum Gasteiger partial charge on any atom is -0.385 e. The fourth-order valence-corrected chi connectivity index (χ4v) is 3.21. The van der Waals surface area contributed by atoms with Crippen LogP contribution < -0.4 is 10.6 Å². The number of rotatable bonds is 8. The third-order valence-corrected chi connectivity index (χ3v) is 4.91. The number of nitrogens with one attached hydrogen (secondary N) is 2. The Morgan fingerprint density at radius 2 is 2.00 bits per heavy atom. The number of hydrogen-bond acceptors (Lipinski definition) is 3. The predicted molar refractivity (Wildman–Crippen MR) is 102 cm³/mol. The third-order valence-electron chi connectivity index (χ3n) is 4.91. The maximum atomic E-state index is 13.1. The van der Waals surface area contributed by atoms with Crippen molar-refractivity contribution in [2.24, 2.45) is 5.92 Å². The Hall–Kier alpha value is -2.15.